The summed E-state index contributed by atoms with van der Waals surface area (Å²) in [6.07, 6.45) is 0. The van der Waals surface area contributed by atoms with Crippen LogP contribution in [0.5, 0.6) is 0 Å². The molecule has 46 heavy (non-hydrogen) atoms. The Labute approximate surface area is 263 Å². The standard InChI is InChI=1S/C38H12N8/c39-13-21-7-22(14-40)10-25(9-21)29-3-1-5-31-35(29)33(27(17-43)18-44)38-32-6-2-4-30(26-11-23(15-41)8-24(12-26)16-42)36(32)34(37(31)38)28(19-45)20-46/h1-12H. The Kier molecular flexibility index (Phi) is 6.74. The maximum absolute atomic E-state index is 10.2. The molecule has 0 saturated heterocycles. The molecule has 0 saturated carbocycles. The van der Waals surface area contributed by atoms with Crippen molar-refractivity contribution in [3.63, 3.8) is 0 Å². The number of allylic oxidation sites excluding steroid dienone is 6. The van der Waals surface area contributed by atoms with Crippen molar-refractivity contribution in [3.05, 3.63) is 128 Å². The van der Waals surface area contributed by atoms with Crippen LogP contribution in [0.1, 0.15) is 44.5 Å². The zero-order valence-electron chi connectivity index (χ0n) is 23.5. The molecule has 0 N–H and O–H groups in total. The third-order valence-corrected chi connectivity index (χ3v) is 7.87. The second-order valence-corrected chi connectivity index (χ2v) is 10.2. The molecule has 2 aliphatic carbocycles. The Balaban J connectivity index is 1.76. The minimum atomic E-state index is -0.207. The molecule has 0 aliphatic heterocycles. The molecule has 0 radical (unpaired) electrons. The minimum absolute atomic E-state index is 0.207. The number of nitrogens with zero attached hydrogens (tertiary/aromatic N) is 8. The molecule has 0 heterocycles. The van der Waals surface area contributed by atoms with Crippen molar-refractivity contribution in [1.82, 2.24) is 0 Å². The summed E-state index contributed by atoms with van der Waals surface area (Å²) in [4.78, 5) is 0. The zero-order chi connectivity index (χ0) is 32.5. The van der Waals surface area contributed by atoms with Crippen molar-refractivity contribution in [2.45, 2.75) is 0 Å². The van der Waals surface area contributed by atoms with E-state index in [0.717, 1.165) is 0 Å². The third-order valence-electron chi connectivity index (χ3n) is 7.87. The van der Waals surface area contributed by atoms with Crippen LogP contribution >= 0.6 is 0 Å². The fourth-order valence-electron chi connectivity index (χ4n) is 6.18. The van der Waals surface area contributed by atoms with E-state index in [1.54, 1.807) is 60.7 Å². The maximum atomic E-state index is 10.2. The lowest BCUT2D eigenvalue weighted by molar-refractivity contribution is 1.43. The van der Waals surface area contributed by atoms with Crippen LogP contribution in [0.3, 0.4) is 0 Å². The predicted octanol–water partition coefficient (Wildman–Crippen LogP) is 7.05. The van der Waals surface area contributed by atoms with E-state index >= 15 is 0 Å². The molecule has 0 spiro atoms. The van der Waals surface area contributed by atoms with E-state index in [9.17, 15) is 42.1 Å². The normalized spacial score (nSPS) is 11.6. The van der Waals surface area contributed by atoms with Gasteiger partial charge in [-0.2, -0.15) is 42.1 Å². The first kappa shape index (κ1) is 28.2. The Hall–Kier alpha value is -7.98. The van der Waals surface area contributed by atoms with Crippen LogP contribution in [0.15, 0.2) is 83.9 Å². The zero-order valence-corrected chi connectivity index (χ0v) is 23.5. The van der Waals surface area contributed by atoms with E-state index < -0.39 is 0 Å². The van der Waals surface area contributed by atoms with Crippen LogP contribution in [0.25, 0.3) is 44.5 Å². The topological polar surface area (TPSA) is 190 Å². The third kappa shape index (κ3) is 4.08. The highest BCUT2D eigenvalue weighted by Gasteiger charge is 2.42. The van der Waals surface area contributed by atoms with Gasteiger partial charge >= 0.3 is 0 Å². The first-order chi connectivity index (χ1) is 22.5. The quantitative estimate of drug-likeness (QED) is 0.225. The highest BCUT2D eigenvalue weighted by atomic mass is 14.4. The number of hydrogen-bond donors (Lipinski definition) is 0. The van der Waals surface area contributed by atoms with E-state index in [0.29, 0.717) is 66.8 Å². The summed E-state index contributed by atoms with van der Waals surface area (Å²) in [5.74, 6) is 0. The summed E-state index contributed by atoms with van der Waals surface area (Å²) in [5.41, 5.74) is 6.33. The molecule has 4 aromatic carbocycles. The summed E-state index contributed by atoms with van der Waals surface area (Å²) in [6.45, 7) is 0. The molecule has 204 valence electrons. The molecule has 2 aliphatic rings. The van der Waals surface area contributed by atoms with Gasteiger partial charge in [0.15, 0.2) is 0 Å². The monoisotopic (exact) mass is 580 g/mol. The van der Waals surface area contributed by atoms with Crippen molar-refractivity contribution in [2.24, 2.45) is 0 Å². The summed E-state index contributed by atoms with van der Waals surface area (Å²) in [7, 11) is 0. The highest BCUT2D eigenvalue weighted by molar-refractivity contribution is 6.39. The molecule has 6 rings (SSSR count). The average Bonchev–Trinajstić information content (AvgIpc) is 3.62. The van der Waals surface area contributed by atoms with Crippen LogP contribution in [0, 0.1) is 90.6 Å². The van der Waals surface area contributed by atoms with Gasteiger partial charge in [-0.15, -0.1) is 0 Å². The maximum Gasteiger partial charge on any atom is 0.138 e. The molecular formula is C38H12N8. The molecule has 0 fully saturated rings. The fraction of sp³-hybridized carbons (Fsp3) is 0. The molecule has 8 nitrogen and oxygen atoms in total. The number of benzene rings is 4. The van der Waals surface area contributed by atoms with Crippen molar-refractivity contribution in [2.75, 3.05) is 0 Å². The Morgan fingerprint density at radius 2 is 0.696 bits per heavy atom. The van der Waals surface area contributed by atoms with Gasteiger partial charge in [0.05, 0.1) is 46.5 Å². The Bertz CT molecular complexity index is 2280. The van der Waals surface area contributed by atoms with Gasteiger partial charge in [0.1, 0.15) is 35.4 Å². The van der Waals surface area contributed by atoms with E-state index in [1.165, 1.54) is 12.1 Å². The summed E-state index contributed by atoms with van der Waals surface area (Å²) < 4.78 is 0. The SMILES string of the molecule is N#CC(C#N)=C1C2=C(C(=C(C#N)C#N)c3c2cccc3-c2cc(C#N)cc(C#N)c2)c2cccc(-c3cc(C#N)cc(C#N)c3)c21. The van der Waals surface area contributed by atoms with E-state index in [-0.39, 0.29) is 33.4 Å². The molecule has 0 unspecified atom stereocenters. The molecule has 0 atom stereocenters. The molecule has 0 amide bonds. The van der Waals surface area contributed by atoms with E-state index in [4.69, 9.17) is 0 Å². The number of hydrogen-bond acceptors (Lipinski definition) is 8. The van der Waals surface area contributed by atoms with Crippen molar-refractivity contribution < 1.29 is 0 Å². The molecular weight excluding hydrogens is 568 g/mol. The van der Waals surface area contributed by atoms with Gasteiger partial charge in [-0.3, -0.25) is 0 Å². The van der Waals surface area contributed by atoms with Crippen molar-refractivity contribution in [1.29, 1.82) is 42.1 Å². The van der Waals surface area contributed by atoms with E-state index in [1.807, 2.05) is 24.3 Å². The first-order valence-electron chi connectivity index (χ1n) is 13.5. The molecule has 4 aromatic rings. The van der Waals surface area contributed by atoms with Gasteiger partial charge in [0.25, 0.3) is 0 Å². The van der Waals surface area contributed by atoms with Gasteiger partial charge in [0, 0.05) is 33.4 Å². The van der Waals surface area contributed by atoms with Crippen molar-refractivity contribution in [3.8, 4) is 70.8 Å². The lowest BCUT2D eigenvalue weighted by atomic mass is 9.83. The number of rotatable bonds is 2. The van der Waals surface area contributed by atoms with Crippen LogP contribution in [-0.2, 0) is 0 Å². The summed E-state index contributed by atoms with van der Waals surface area (Å²) in [5, 5.41) is 79.4. The second kappa shape index (κ2) is 11.0. The predicted molar refractivity (Wildman–Crippen MR) is 166 cm³/mol. The summed E-state index contributed by atoms with van der Waals surface area (Å²) in [6, 6.07) is 36.3. The average molecular weight is 581 g/mol. The van der Waals surface area contributed by atoms with Crippen LogP contribution in [-0.4, -0.2) is 0 Å². The van der Waals surface area contributed by atoms with E-state index in [2.05, 4.69) is 24.3 Å². The van der Waals surface area contributed by atoms with Gasteiger partial charge in [-0.25, -0.2) is 0 Å². The number of nitriles is 8. The molecule has 8 heteroatoms. The lowest BCUT2D eigenvalue weighted by Gasteiger charge is -2.18. The van der Waals surface area contributed by atoms with Gasteiger partial charge < -0.3 is 0 Å². The molecule has 0 bridgehead atoms. The number of fused-ring (bicyclic) bond motifs is 4. The lowest BCUT2D eigenvalue weighted by Crippen LogP contribution is -2.00. The van der Waals surface area contributed by atoms with Gasteiger partial charge in [-0.05, 0) is 69.8 Å². The Morgan fingerprint density at radius 1 is 0.391 bits per heavy atom. The fourth-order valence-corrected chi connectivity index (χ4v) is 6.18. The Morgan fingerprint density at radius 3 is 0.978 bits per heavy atom. The second-order valence-electron chi connectivity index (χ2n) is 10.2. The summed E-state index contributed by atoms with van der Waals surface area (Å²) >= 11 is 0. The molecule has 0 aromatic heterocycles. The largest absolute Gasteiger partial charge is 0.192 e. The van der Waals surface area contributed by atoms with Crippen LogP contribution in [0.4, 0.5) is 0 Å². The van der Waals surface area contributed by atoms with Crippen LogP contribution < -0.4 is 0 Å². The van der Waals surface area contributed by atoms with Crippen LogP contribution in [0.2, 0.25) is 0 Å². The minimum Gasteiger partial charge on any atom is -0.192 e. The first-order valence-corrected chi connectivity index (χ1v) is 13.5. The smallest absolute Gasteiger partial charge is 0.138 e. The highest BCUT2D eigenvalue weighted by Crippen LogP contribution is 2.62. The van der Waals surface area contributed by atoms with Crippen molar-refractivity contribution >= 4 is 22.3 Å². The van der Waals surface area contributed by atoms with Gasteiger partial charge in [0.2, 0.25) is 0 Å². The van der Waals surface area contributed by atoms with Gasteiger partial charge in [-0.1, -0.05) is 36.4 Å².